The molecular formula is C17H19NS. The third kappa shape index (κ3) is 2.51. The molecule has 1 heterocycles. The van der Waals surface area contributed by atoms with Crippen molar-refractivity contribution in [3.63, 3.8) is 0 Å². The average Bonchev–Trinajstić information content (AvgIpc) is 2.85. The van der Waals surface area contributed by atoms with E-state index in [0.29, 0.717) is 0 Å². The van der Waals surface area contributed by atoms with E-state index in [-0.39, 0.29) is 0 Å². The molecule has 0 saturated heterocycles. The van der Waals surface area contributed by atoms with Gasteiger partial charge in [0.05, 0.1) is 0 Å². The van der Waals surface area contributed by atoms with Crippen LogP contribution in [0.5, 0.6) is 0 Å². The van der Waals surface area contributed by atoms with Crippen molar-refractivity contribution in [3.05, 3.63) is 63.4 Å². The zero-order valence-electron chi connectivity index (χ0n) is 11.3. The minimum absolute atomic E-state index is 1.03. The first-order valence-electron chi connectivity index (χ1n) is 6.90. The Morgan fingerprint density at radius 3 is 2.95 bits per heavy atom. The molecule has 3 rings (SSSR count). The topological polar surface area (TPSA) is 12.0 Å². The highest BCUT2D eigenvalue weighted by Gasteiger charge is 2.18. The number of fused-ring (bicyclic) bond motifs is 2. The van der Waals surface area contributed by atoms with Crippen LogP contribution in [-0.2, 0) is 12.8 Å². The van der Waals surface area contributed by atoms with Crippen molar-refractivity contribution in [3.8, 4) is 0 Å². The molecule has 1 aromatic heterocycles. The molecule has 1 N–H and O–H groups in total. The molecule has 1 nitrogen and oxygen atoms in total. The summed E-state index contributed by atoms with van der Waals surface area (Å²) in [6, 6.07) is 11.1. The van der Waals surface area contributed by atoms with E-state index >= 15 is 0 Å². The number of thiophene rings is 1. The minimum Gasteiger partial charge on any atom is -0.319 e. The smallest absolute Gasteiger partial charge is 0.0127 e. The molecule has 0 unspecified atom stereocenters. The maximum absolute atomic E-state index is 3.22. The molecule has 1 aliphatic carbocycles. The Labute approximate surface area is 119 Å². The zero-order chi connectivity index (χ0) is 13.1. The molecule has 1 aliphatic rings. The monoisotopic (exact) mass is 269 g/mol. The van der Waals surface area contributed by atoms with Gasteiger partial charge in [0.15, 0.2) is 0 Å². The molecule has 0 amide bonds. The molecule has 0 fully saturated rings. The van der Waals surface area contributed by atoms with Gasteiger partial charge in [-0.15, -0.1) is 11.3 Å². The standard InChI is InChI=1S/C17H19NS/c1-18-11-4-7-15-14-6-3-2-5-13(14)8-9-17-16(15)10-12-19-17/h2-3,5-7,10,12,18H,4,8-9,11H2,1H3. The predicted molar refractivity (Wildman–Crippen MR) is 83.8 cm³/mol. The van der Waals surface area contributed by atoms with Crippen molar-refractivity contribution in [1.82, 2.24) is 5.32 Å². The summed E-state index contributed by atoms with van der Waals surface area (Å²) in [5.41, 5.74) is 5.79. The van der Waals surface area contributed by atoms with Crippen LogP contribution in [0.2, 0.25) is 0 Å². The summed E-state index contributed by atoms with van der Waals surface area (Å²) < 4.78 is 0. The number of benzene rings is 1. The fraction of sp³-hybridized carbons (Fsp3) is 0.294. The van der Waals surface area contributed by atoms with Gasteiger partial charge in [-0.05, 0) is 66.6 Å². The highest BCUT2D eigenvalue weighted by atomic mass is 32.1. The summed E-state index contributed by atoms with van der Waals surface area (Å²) in [5.74, 6) is 0. The predicted octanol–water partition coefficient (Wildman–Crippen LogP) is 3.89. The first-order chi connectivity index (χ1) is 9.40. The number of aryl methyl sites for hydroxylation is 2. The Balaban J connectivity index is 2.08. The molecule has 0 atom stereocenters. The Bertz CT molecular complexity index is 595. The summed E-state index contributed by atoms with van der Waals surface area (Å²) in [6.45, 7) is 1.03. The van der Waals surface area contributed by atoms with E-state index in [1.54, 1.807) is 0 Å². The Kier molecular flexibility index (Phi) is 3.81. The van der Waals surface area contributed by atoms with Crippen molar-refractivity contribution < 1.29 is 0 Å². The quantitative estimate of drug-likeness (QED) is 0.834. The van der Waals surface area contributed by atoms with Crippen LogP contribution in [0.3, 0.4) is 0 Å². The fourth-order valence-corrected chi connectivity index (χ4v) is 3.64. The van der Waals surface area contributed by atoms with Crippen LogP contribution in [0.25, 0.3) is 5.57 Å². The van der Waals surface area contributed by atoms with Crippen LogP contribution >= 0.6 is 11.3 Å². The summed E-state index contributed by atoms with van der Waals surface area (Å²) in [5, 5.41) is 5.45. The van der Waals surface area contributed by atoms with E-state index in [4.69, 9.17) is 0 Å². The molecule has 0 radical (unpaired) electrons. The summed E-state index contributed by atoms with van der Waals surface area (Å²) in [6.07, 6.45) is 5.81. The Morgan fingerprint density at radius 1 is 1.16 bits per heavy atom. The number of rotatable bonds is 3. The van der Waals surface area contributed by atoms with Crippen molar-refractivity contribution >= 4 is 16.9 Å². The molecule has 0 saturated carbocycles. The third-order valence-corrected chi connectivity index (χ3v) is 4.69. The van der Waals surface area contributed by atoms with Gasteiger partial charge in [-0.25, -0.2) is 0 Å². The fourth-order valence-electron chi connectivity index (χ4n) is 2.75. The van der Waals surface area contributed by atoms with E-state index in [2.05, 4.69) is 47.1 Å². The average molecular weight is 269 g/mol. The van der Waals surface area contributed by atoms with Crippen LogP contribution in [-0.4, -0.2) is 13.6 Å². The molecule has 2 aromatic rings. The van der Waals surface area contributed by atoms with Crippen molar-refractivity contribution in [1.29, 1.82) is 0 Å². The number of nitrogens with one attached hydrogen (secondary N) is 1. The SMILES string of the molecule is CNCCC=C1c2ccccc2CCc2sccc21. The van der Waals surface area contributed by atoms with Crippen LogP contribution in [0, 0.1) is 0 Å². The lowest BCUT2D eigenvalue weighted by Crippen LogP contribution is -2.06. The maximum Gasteiger partial charge on any atom is 0.0127 e. The van der Waals surface area contributed by atoms with Gasteiger partial charge in [-0.2, -0.15) is 0 Å². The van der Waals surface area contributed by atoms with Crippen molar-refractivity contribution in [2.75, 3.05) is 13.6 Å². The number of hydrogen-bond donors (Lipinski definition) is 1. The van der Waals surface area contributed by atoms with Gasteiger partial charge in [-0.3, -0.25) is 0 Å². The first-order valence-corrected chi connectivity index (χ1v) is 7.78. The lowest BCUT2D eigenvalue weighted by atomic mass is 9.95. The molecule has 0 bridgehead atoms. The van der Waals surface area contributed by atoms with E-state index in [9.17, 15) is 0 Å². The second-order valence-corrected chi connectivity index (χ2v) is 5.93. The van der Waals surface area contributed by atoms with Crippen LogP contribution < -0.4 is 5.32 Å². The van der Waals surface area contributed by atoms with Crippen LogP contribution in [0.1, 0.15) is 28.0 Å². The van der Waals surface area contributed by atoms with E-state index < -0.39 is 0 Å². The Morgan fingerprint density at radius 2 is 2.05 bits per heavy atom. The summed E-state index contributed by atoms with van der Waals surface area (Å²) >= 11 is 1.90. The lowest BCUT2D eigenvalue weighted by molar-refractivity contribution is 0.808. The van der Waals surface area contributed by atoms with Gasteiger partial charge in [0.2, 0.25) is 0 Å². The largest absolute Gasteiger partial charge is 0.319 e. The molecule has 0 aliphatic heterocycles. The van der Waals surface area contributed by atoms with Gasteiger partial charge < -0.3 is 5.32 Å². The third-order valence-electron chi connectivity index (χ3n) is 3.71. The summed E-state index contributed by atoms with van der Waals surface area (Å²) in [7, 11) is 2.01. The number of hydrogen-bond acceptors (Lipinski definition) is 2. The van der Waals surface area contributed by atoms with Crippen molar-refractivity contribution in [2.45, 2.75) is 19.3 Å². The molecule has 98 valence electrons. The Hall–Kier alpha value is -1.38. The van der Waals surface area contributed by atoms with Crippen LogP contribution in [0.15, 0.2) is 41.8 Å². The normalized spacial score (nSPS) is 15.9. The molecule has 2 heteroatoms. The molecular weight excluding hydrogens is 250 g/mol. The van der Waals surface area contributed by atoms with Gasteiger partial charge in [-0.1, -0.05) is 30.3 Å². The highest BCUT2D eigenvalue weighted by Crippen LogP contribution is 2.36. The van der Waals surface area contributed by atoms with E-state index in [0.717, 1.165) is 19.4 Å². The minimum atomic E-state index is 1.03. The summed E-state index contributed by atoms with van der Waals surface area (Å²) in [4.78, 5) is 1.53. The highest BCUT2D eigenvalue weighted by molar-refractivity contribution is 7.10. The lowest BCUT2D eigenvalue weighted by Gasteiger charge is -2.09. The van der Waals surface area contributed by atoms with Gasteiger partial charge in [0, 0.05) is 4.88 Å². The second-order valence-electron chi connectivity index (χ2n) is 4.92. The maximum atomic E-state index is 3.22. The molecule has 19 heavy (non-hydrogen) atoms. The van der Waals surface area contributed by atoms with Gasteiger partial charge >= 0.3 is 0 Å². The van der Waals surface area contributed by atoms with Crippen molar-refractivity contribution in [2.24, 2.45) is 0 Å². The van der Waals surface area contributed by atoms with E-state index in [1.165, 1.54) is 33.6 Å². The molecule has 0 spiro atoms. The second kappa shape index (κ2) is 5.72. The first kappa shape index (κ1) is 12.6. The van der Waals surface area contributed by atoms with Gasteiger partial charge in [0.25, 0.3) is 0 Å². The van der Waals surface area contributed by atoms with Crippen LogP contribution in [0.4, 0.5) is 0 Å². The zero-order valence-corrected chi connectivity index (χ0v) is 12.1. The van der Waals surface area contributed by atoms with Gasteiger partial charge in [0.1, 0.15) is 0 Å². The molecule has 1 aromatic carbocycles. The van der Waals surface area contributed by atoms with E-state index in [1.807, 2.05) is 18.4 Å².